The summed E-state index contributed by atoms with van der Waals surface area (Å²) in [5, 5.41) is 68.9. The van der Waals surface area contributed by atoms with E-state index in [-0.39, 0.29) is 131 Å². The van der Waals surface area contributed by atoms with Crippen LogP contribution in [0.4, 0.5) is 27.9 Å². The maximum absolute atomic E-state index is 15.5. The van der Waals surface area contributed by atoms with Crippen LogP contribution in [0, 0.1) is 11.8 Å². The Bertz CT molecular complexity index is 6010. The van der Waals surface area contributed by atoms with Gasteiger partial charge in [-0.05, 0) is 145 Å². The van der Waals surface area contributed by atoms with Crippen molar-refractivity contribution in [2.45, 2.75) is 233 Å². The number of carbonyl (C=O) groups is 13. The zero-order valence-electron chi connectivity index (χ0n) is 82.5. The number of aromatic nitrogens is 6. The number of H-pyrrole nitrogens is 1. The van der Waals surface area contributed by atoms with Gasteiger partial charge in [-0.1, -0.05) is 158 Å². The van der Waals surface area contributed by atoms with Crippen LogP contribution in [0.25, 0.3) is 22.2 Å². The number of carbonyl (C=O) groups excluding carboxylic acids is 13. The maximum atomic E-state index is 15.5. The van der Waals surface area contributed by atoms with Crippen molar-refractivity contribution in [3.05, 3.63) is 173 Å². The summed E-state index contributed by atoms with van der Waals surface area (Å²) in [6.45, 7) is 8.22. The van der Waals surface area contributed by atoms with Gasteiger partial charge < -0.3 is 113 Å². The molecule has 146 heavy (non-hydrogen) atoms. The summed E-state index contributed by atoms with van der Waals surface area (Å²) in [7, 11) is 9.54. The Balaban J connectivity index is 0.689. The summed E-state index contributed by atoms with van der Waals surface area (Å²) in [4.78, 5) is 205. The van der Waals surface area contributed by atoms with Crippen LogP contribution in [-0.2, 0) is 88.0 Å². The number of para-hydroxylation sites is 1. The fraction of sp³-hybridized carbons (Fsp3) is 0.475. The van der Waals surface area contributed by atoms with Crippen LogP contribution in [0.3, 0.4) is 0 Å². The molecular weight excluding hydrogens is 1950 g/mol. The lowest BCUT2D eigenvalue weighted by Crippen LogP contribution is -2.62. The SMILES string of the molecule is CC[C@@H]1C(=O)N(C)c2cnc(Nc3ccc(-c4cn(C5CCC(N(CCOCCC#Cc6cccc7c6CN(C6CCC(=O)NC6=O)C7=O)C(=O)OC(C)C(C)SSC[C@H](N)C(=O)N[C@H](Cc6ccccc6)C(=O)N[C@H]6CSSC[C@@H](C(=O)N[C@H](CO)[C@@H](C)O)NC(=O)C([C@@H](C)O)NC(=O)[C@H](CCCCN)NC(=O)[C@@H](Cc7c[nH]c8ccccc78)NC(=O)[C@H](Cc7ccccc7)NC6=O)CC5)nn4)cc3OC)nc2N1C. The number of benzene rings is 5. The quantitative estimate of drug-likeness (QED) is 0.0108. The predicted octanol–water partition coefficient (Wildman–Crippen LogP) is 4.67. The number of imide groups is 1. The smallest absolute Gasteiger partial charge is 0.410 e. The molecule has 7 heterocycles. The van der Waals surface area contributed by atoms with Crippen LogP contribution in [0.2, 0.25) is 0 Å². The molecule has 45 heteroatoms. The molecule has 13 rings (SSSR count). The Morgan fingerprint density at radius 1 is 0.753 bits per heavy atom. The lowest BCUT2D eigenvalue weighted by atomic mass is 9.90. The molecule has 3 fully saturated rings. The average molecular weight is 2080 g/mol. The Morgan fingerprint density at radius 2 is 1.46 bits per heavy atom. The van der Waals surface area contributed by atoms with Gasteiger partial charge in [-0.25, -0.2) is 14.5 Å². The molecule has 4 aliphatic heterocycles. The lowest BCUT2D eigenvalue weighted by molar-refractivity contribution is -0.137. The molecule has 0 radical (unpaired) electrons. The summed E-state index contributed by atoms with van der Waals surface area (Å²) in [5.41, 5.74) is 19.4. The highest BCUT2D eigenvalue weighted by atomic mass is 33.1. The van der Waals surface area contributed by atoms with E-state index in [1.165, 1.54) is 40.3 Å². The minimum Gasteiger partial charge on any atom is -0.495 e. The van der Waals surface area contributed by atoms with Crippen molar-refractivity contribution in [2.24, 2.45) is 11.5 Å². The summed E-state index contributed by atoms with van der Waals surface area (Å²) >= 11 is 0. The summed E-state index contributed by atoms with van der Waals surface area (Å²) in [5.74, 6) is -1.30. The first-order chi connectivity index (χ1) is 70.3. The molecule has 4 unspecified atom stereocenters. The van der Waals surface area contributed by atoms with E-state index in [0.29, 0.717) is 124 Å². The molecule has 1 aliphatic carbocycles. The van der Waals surface area contributed by atoms with Crippen molar-refractivity contribution in [1.29, 1.82) is 0 Å². The number of rotatable bonds is 38. The molecule has 8 aromatic rings. The number of ether oxygens (including phenoxy) is 3. The number of hydrogen-bond acceptors (Lipinski definition) is 31. The fourth-order valence-corrected chi connectivity index (χ4v) is 22.7. The van der Waals surface area contributed by atoms with Gasteiger partial charge in [0.1, 0.15) is 77.6 Å². The van der Waals surface area contributed by atoms with Gasteiger partial charge in [0.25, 0.3) is 5.91 Å². The van der Waals surface area contributed by atoms with E-state index in [0.717, 1.165) is 27.2 Å². The second-order valence-corrected chi connectivity index (χ2v) is 42.1. The minimum absolute atomic E-state index is 0.0227. The molecular formula is C101H128N22O19S4. The molecule has 2 saturated heterocycles. The normalized spacial score (nSPS) is 21.8. The molecule has 41 nitrogen and oxygen atoms in total. The molecule has 5 aromatic carbocycles. The van der Waals surface area contributed by atoms with E-state index in [1.807, 2.05) is 79.1 Å². The summed E-state index contributed by atoms with van der Waals surface area (Å²) in [6, 6.07) is 20.7. The van der Waals surface area contributed by atoms with E-state index >= 15 is 19.2 Å². The van der Waals surface area contributed by atoms with Crippen molar-refractivity contribution in [3.8, 4) is 28.8 Å². The number of fused-ring (bicyclic) bond motifs is 3. The van der Waals surface area contributed by atoms with Crippen LogP contribution in [0.15, 0.2) is 140 Å². The number of nitrogens with two attached hydrogens (primary N) is 2. The number of nitrogens with one attached hydrogen (secondary N) is 11. The first-order valence-electron chi connectivity index (χ1n) is 48.9. The first-order valence-corrected chi connectivity index (χ1v) is 53.7. The zero-order chi connectivity index (χ0) is 104. The molecule has 0 bridgehead atoms. The molecule has 780 valence electrons. The van der Waals surface area contributed by atoms with Crippen LogP contribution in [-0.4, -0.2) is 299 Å². The number of piperidine rings is 1. The van der Waals surface area contributed by atoms with Crippen molar-refractivity contribution in [2.75, 3.05) is 86.5 Å². The van der Waals surface area contributed by atoms with Crippen LogP contribution in [0.5, 0.6) is 5.75 Å². The van der Waals surface area contributed by atoms with Crippen LogP contribution >= 0.6 is 43.2 Å². The van der Waals surface area contributed by atoms with Crippen molar-refractivity contribution >= 4 is 154 Å². The number of unbranched alkanes of at least 4 members (excludes halogenated alkanes) is 1. The van der Waals surface area contributed by atoms with Crippen LogP contribution < -0.4 is 79.2 Å². The Hall–Kier alpha value is -12.9. The standard InChI is InChI=1S/C101H128N22O19S4/c1-9-82-99(138)120(7)84-50-105-100(116-88(84)119(82)6)113-73-38-33-64(48-85(73)140-8)78-52-123(118-117-78)67-36-34-66(35-37-67)121(42-44-141-43-21-19-27-63-28-22-30-69-70(63)51-122(98(69)137)83-39-40-86(127)114-96(83)135)101(139)142-59(4)60(5)146-145-54-71(103)89(128)107-75(45-61-23-12-10-13-24-61)92(131)111-80-55-143-144-56-81(95(134)110-79(53-124)57(2)125)112-97(136)87(58(3)126)115-90(129)74(32-18-20-41-102)106-93(132)77(47-65-49-104-72-31-17-16-29-68(65)72)109-91(130)76(108-94(80)133)46-62-25-14-11-15-26-62/h10-17,22-26,28-31,33,38,48-50,52,57-60,66-67,71,74-77,79-83,87,104,124-126H,9,18,20-21,32,34-37,39-47,51,53-56,102-103H2,1-8H3,(H,106,132)(H,107,128)(H,108,133)(H,109,130)(H,110,134)(H,111,131)(H,112,136)(H,115,129)(H,105,113,116)(H,114,127,135)/t57-,58-,59?,60?,66?,67?,71+,74+,75-,76+,77-,79-,80+,81+,82-,83?,87?/m1/s1. The van der Waals surface area contributed by atoms with Crippen molar-refractivity contribution < 1.29 is 91.9 Å². The monoisotopic (exact) mass is 2080 g/mol. The molecule has 0 spiro atoms. The van der Waals surface area contributed by atoms with E-state index in [2.05, 4.69) is 85.3 Å². The molecule has 1 saturated carbocycles. The average Bonchev–Trinajstić information content (AvgIpc) is 1.31. The Kier molecular flexibility index (Phi) is 40.0. The van der Waals surface area contributed by atoms with Crippen molar-refractivity contribution in [3.63, 3.8) is 0 Å². The van der Waals surface area contributed by atoms with Gasteiger partial charge in [-0.3, -0.25) is 62.9 Å². The highest BCUT2D eigenvalue weighted by molar-refractivity contribution is 8.77. The first kappa shape index (κ1) is 110. The number of hydrogen-bond donors (Lipinski definition) is 16. The highest BCUT2D eigenvalue weighted by Crippen LogP contribution is 2.40. The second-order valence-electron chi connectivity index (χ2n) is 36.7. The number of anilines is 4. The predicted molar refractivity (Wildman–Crippen MR) is 555 cm³/mol. The number of likely N-dealkylation sites (N-methyl/N-ethyl adjacent to an activating group) is 2. The summed E-state index contributed by atoms with van der Waals surface area (Å²) < 4.78 is 20.2. The Morgan fingerprint density at radius 3 is 2.17 bits per heavy atom. The largest absolute Gasteiger partial charge is 0.495 e. The van der Waals surface area contributed by atoms with Gasteiger partial charge in [0.15, 0.2) is 5.82 Å². The van der Waals surface area contributed by atoms with Gasteiger partial charge in [0.05, 0.1) is 75.3 Å². The third-order valence-electron chi connectivity index (χ3n) is 26.4. The number of methoxy groups -OCH3 is 1. The molecule has 5 aliphatic rings. The van der Waals surface area contributed by atoms with Gasteiger partial charge in [-0.2, -0.15) is 4.98 Å². The lowest BCUT2D eigenvalue weighted by Gasteiger charge is -2.37. The fourth-order valence-electron chi connectivity index (χ4n) is 17.8. The minimum atomic E-state index is -1.76. The zero-order valence-corrected chi connectivity index (χ0v) is 85.8. The van der Waals surface area contributed by atoms with E-state index in [1.54, 1.807) is 122 Å². The number of aliphatic hydroxyl groups excluding tert-OH is 3. The van der Waals surface area contributed by atoms with Gasteiger partial charge in [0.2, 0.25) is 70.9 Å². The maximum Gasteiger partial charge on any atom is 0.410 e. The number of nitrogens with zero attached hydrogens (tertiary/aromatic N) is 9. The number of aromatic amines is 1. The summed E-state index contributed by atoms with van der Waals surface area (Å²) in [6.07, 6.45) is 4.70. The van der Waals surface area contributed by atoms with E-state index < -0.39 is 150 Å². The molecule has 13 amide bonds. The van der Waals surface area contributed by atoms with Crippen LogP contribution in [0.1, 0.15) is 149 Å². The molecule has 3 aromatic heterocycles. The van der Waals surface area contributed by atoms with Crippen molar-refractivity contribution in [1.82, 2.24) is 87.6 Å². The Labute approximate surface area is 861 Å². The highest BCUT2D eigenvalue weighted by Gasteiger charge is 2.44. The van der Waals surface area contributed by atoms with Gasteiger partial charge >= 0.3 is 6.09 Å². The number of aliphatic hydroxyl groups is 3. The van der Waals surface area contributed by atoms with E-state index in [9.17, 15) is 58.5 Å². The molecule has 18 N–H and O–H groups in total. The third kappa shape index (κ3) is 28.9. The topological polar surface area (TPSA) is 568 Å². The third-order valence-corrected chi connectivity index (χ3v) is 31.9. The van der Waals surface area contributed by atoms with Gasteiger partial charge in [-0.15, -0.1) is 5.10 Å². The van der Waals surface area contributed by atoms with Gasteiger partial charge in [0, 0.05) is 122 Å². The number of amides is 13. The van der Waals surface area contributed by atoms with E-state index in [4.69, 9.17) is 30.7 Å². The molecule has 15 atom stereocenters. The second kappa shape index (κ2) is 52.9.